The summed E-state index contributed by atoms with van der Waals surface area (Å²) in [7, 11) is -3.84. The van der Waals surface area contributed by atoms with Crippen LogP contribution in [0.2, 0.25) is 0 Å². The third kappa shape index (κ3) is 3.56. The van der Waals surface area contributed by atoms with Gasteiger partial charge < -0.3 is 5.73 Å². The largest absolute Gasteiger partial charge is 0.389 e. The summed E-state index contributed by atoms with van der Waals surface area (Å²) in [6.45, 7) is 1.68. The van der Waals surface area contributed by atoms with Crippen molar-refractivity contribution in [3.8, 4) is 0 Å². The molecule has 4 nitrogen and oxygen atoms in total. The lowest BCUT2D eigenvalue weighted by Crippen LogP contribution is -2.16. The molecule has 0 atom stereocenters. The quantitative estimate of drug-likeness (QED) is 0.848. The standard InChI is InChI=1S/C14H13FN2O2S2/c1-9-5-6-11(15)8-13(9)17-21(18,19)12-4-2-3-10(7-12)14(16)20/h2-8,17H,1H3,(H2,16,20). The maximum atomic E-state index is 13.2. The molecule has 110 valence electrons. The summed E-state index contributed by atoms with van der Waals surface area (Å²) in [4.78, 5) is 0.116. The number of aryl methyl sites for hydroxylation is 1. The molecule has 0 aliphatic carbocycles. The summed E-state index contributed by atoms with van der Waals surface area (Å²) < 4.78 is 40.2. The van der Waals surface area contributed by atoms with E-state index in [9.17, 15) is 12.8 Å². The van der Waals surface area contributed by atoms with E-state index in [0.717, 1.165) is 6.07 Å². The van der Waals surface area contributed by atoms with Gasteiger partial charge in [0, 0.05) is 5.56 Å². The molecule has 0 amide bonds. The number of hydrogen-bond donors (Lipinski definition) is 2. The molecule has 0 saturated heterocycles. The number of nitrogens with two attached hydrogens (primary N) is 1. The summed E-state index contributed by atoms with van der Waals surface area (Å²) in [6.07, 6.45) is 0. The highest BCUT2D eigenvalue weighted by molar-refractivity contribution is 7.92. The molecule has 2 aromatic carbocycles. The van der Waals surface area contributed by atoms with E-state index in [-0.39, 0.29) is 15.6 Å². The van der Waals surface area contributed by atoms with E-state index in [2.05, 4.69) is 4.72 Å². The van der Waals surface area contributed by atoms with Crippen LogP contribution in [-0.2, 0) is 10.0 Å². The third-order valence-corrected chi connectivity index (χ3v) is 4.47. The maximum absolute atomic E-state index is 13.2. The fourth-order valence-corrected chi connectivity index (χ4v) is 3.02. The molecule has 2 aromatic rings. The number of sulfonamides is 1. The molecule has 0 aliphatic rings. The molecule has 0 fully saturated rings. The first-order valence-electron chi connectivity index (χ1n) is 5.98. The Labute approximate surface area is 127 Å². The van der Waals surface area contributed by atoms with Gasteiger partial charge in [-0.25, -0.2) is 12.8 Å². The summed E-state index contributed by atoms with van der Waals surface area (Å²) in [5.74, 6) is -0.518. The second-order valence-corrected chi connectivity index (χ2v) is 6.58. The van der Waals surface area contributed by atoms with Crippen LogP contribution in [0.5, 0.6) is 0 Å². The molecule has 0 aliphatic heterocycles. The van der Waals surface area contributed by atoms with E-state index in [1.165, 1.54) is 24.3 Å². The van der Waals surface area contributed by atoms with Gasteiger partial charge in [-0.05, 0) is 36.8 Å². The minimum atomic E-state index is -3.84. The molecule has 2 rings (SSSR count). The SMILES string of the molecule is Cc1ccc(F)cc1NS(=O)(=O)c1cccc(C(N)=S)c1. The van der Waals surface area contributed by atoms with Crippen LogP contribution >= 0.6 is 12.2 Å². The minimum Gasteiger partial charge on any atom is -0.389 e. The first-order chi connectivity index (χ1) is 9.79. The van der Waals surface area contributed by atoms with Crippen molar-refractivity contribution in [1.82, 2.24) is 0 Å². The van der Waals surface area contributed by atoms with Crippen molar-refractivity contribution in [2.75, 3.05) is 4.72 Å². The zero-order chi connectivity index (χ0) is 15.6. The average molecular weight is 324 g/mol. The van der Waals surface area contributed by atoms with Gasteiger partial charge in [0.25, 0.3) is 10.0 Å². The van der Waals surface area contributed by atoms with Crippen molar-refractivity contribution in [3.05, 3.63) is 59.4 Å². The Hall–Kier alpha value is -1.99. The molecule has 0 unspecified atom stereocenters. The van der Waals surface area contributed by atoms with E-state index >= 15 is 0 Å². The molecule has 0 spiro atoms. The summed E-state index contributed by atoms with van der Waals surface area (Å²) in [6, 6.07) is 9.85. The van der Waals surface area contributed by atoms with Crippen molar-refractivity contribution >= 4 is 32.9 Å². The van der Waals surface area contributed by atoms with Crippen LogP contribution in [-0.4, -0.2) is 13.4 Å². The third-order valence-electron chi connectivity index (χ3n) is 2.87. The predicted molar refractivity (Wildman–Crippen MR) is 84.3 cm³/mol. The molecule has 3 N–H and O–H groups in total. The Morgan fingerprint density at radius 3 is 2.62 bits per heavy atom. The second kappa shape index (κ2) is 5.79. The zero-order valence-electron chi connectivity index (χ0n) is 11.1. The van der Waals surface area contributed by atoms with E-state index in [1.807, 2.05) is 0 Å². The molecule has 0 saturated carbocycles. The van der Waals surface area contributed by atoms with Crippen molar-refractivity contribution in [3.63, 3.8) is 0 Å². The van der Waals surface area contributed by atoms with Gasteiger partial charge in [-0.2, -0.15) is 0 Å². The highest BCUT2D eigenvalue weighted by Gasteiger charge is 2.16. The molecule has 0 bridgehead atoms. The number of halogens is 1. The molecular formula is C14H13FN2O2S2. The van der Waals surface area contributed by atoms with Crippen molar-refractivity contribution in [1.29, 1.82) is 0 Å². The maximum Gasteiger partial charge on any atom is 0.261 e. The summed E-state index contributed by atoms with van der Waals surface area (Å²) in [5, 5.41) is 0. The number of nitrogens with one attached hydrogen (secondary N) is 1. The second-order valence-electron chi connectivity index (χ2n) is 4.46. The number of thiocarbonyl (C=S) groups is 1. The number of hydrogen-bond acceptors (Lipinski definition) is 3. The van der Waals surface area contributed by atoms with E-state index in [1.54, 1.807) is 19.1 Å². The zero-order valence-corrected chi connectivity index (χ0v) is 12.8. The van der Waals surface area contributed by atoms with E-state index < -0.39 is 15.8 Å². The van der Waals surface area contributed by atoms with Gasteiger partial charge in [0.2, 0.25) is 0 Å². The predicted octanol–water partition coefficient (Wildman–Crippen LogP) is 2.57. The Morgan fingerprint density at radius 1 is 1.24 bits per heavy atom. The van der Waals surface area contributed by atoms with Gasteiger partial charge in [-0.15, -0.1) is 0 Å². The summed E-state index contributed by atoms with van der Waals surface area (Å²) in [5.41, 5.74) is 6.74. The monoisotopic (exact) mass is 324 g/mol. The topological polar surface area (TPSA) is 72.2 Å². The summed E-state index contributed by atoms with van der Waals surface area (Å²) >= 11 is 4.83. The van der Waals surface area contributed by atoms with Crippen molar-refractivity contribution in [2.45, 2.75) is 11.8 Å². The van der Waals surface area contributed by atoms with Gasteiger partial charge >= 0.3 is 0 Å². The lowest BCUT2D eigenvalue weighted by molar-refractivity contribution is 0.601. The fraction of sp³-hybridized carbons (Fsp3) is 0.0714. The molecular weight excluding hydrogens is 311 g/mol. The van der Waals surface area contributed by atoms with Crippen LogP contribution in [0.15, 0.2) is 47.4 Å². The Balaban J connectivity index is 2.41. The van der Waals surface area contributed by atoms with Gasteiger partial charge in [0.1, 0.15) is 10.8 Å². The first kappa shape index (κ1) is 15.4. The number of benzene rings is 2. The van der Waals surface area contributed by atoms with E-state index in [4.69, 9.17) is 18.0 Å². The Bertz CT molecular complexity index is 804. The Kier molecular flexibility index (Phi) is 4.24. The van der Waals surface area contributed by atoms with Gasteiger partial charge in [-0.1, -0.05) is 30.4 Å². The lowest BCUT2D eigenvalue weighted by Gasteiger charge is -2.11. The lowest BCUT2D eigenvalue weighted by atomic mass is 10.2. The van der Waals surface area contributed by atoms with Crippen LogP contribution < -0.4 is 10.5 Å². The smallest absolute Gasteiger partial charge is 0.261 e. The van der Waals surface area contributed by atoms with Crippen LogP contribution in [0, 0.1) is 12.7 Å². The normalized spacial score (nSPS) is 11.1. The van der Waals surface area contributed by atoms with E-state index in [0.29, 0.717) is 11.1 Å². The molecule has 0 radical (unpaired) electrons. The number of anilines is 1. The fourth-order valence-electron chi connectivity index (χ4n) is 1.72. The van der Waals surface area contributed by atoms with Crippen LogP contribution in [0.3, 0.4) is 0 Å². The number of rotatable bonds is 4. The van der Waals surface area contributed by atoms with Gasteiger partial charge in [0.05, 0.1) is 10.6 Å². The van der Waals surface area contributed by atoms with Crippen LogP contribution in [0.25, 0.3) is 0 Å². The Morgan fingerprint density at radius 2 is 1.95 bits per heavy atom. The minimum absolute atomic E-state index is 0.0106. The average Bonchev–Trinajstić information content (AvgIpc) is 2.43. The van der Waals surface area contributed by atoms with Crippen LogP contribution in [0.4, 0.5) is 10.1 Å². The highest BCUT2D eigenvalue weighted by Crippen LogP contribution is 2.21. The van der Waals surface area contributed by atoms with Gasteiger partial charge in [-0.3, -0.25) is 4.72 Å². The van der Waals surface area contributed by atoms with Crippen LogP contribution in [0.1, 0.15) is 11.1 Å². The van der Waals surface area contributed by atoms with Crippen molar-refractivity contribution < 1.29 is 12.8 Å². The van der Waals surface area contributed by atoms with Gasteiger partial charge in [0.15, 0.2) is 0 Å². The first-order valence-corrected chi connectivity index (χ1v) is 7.87. The molecule has 0 heterocycles. The highest BCUT2D eigenvalue weighted by atomic mass is 32.2. The van der Waals surface area contributed by atoms with Crippen molar-refractivity contribution in [2.24, 2.45) is 5.73 Å². The molecule has 0 aromatic heterocycles. The molecule has 7 heteroatoms. The molecule has 21 heavy (non-hydrogen) atoms.